The van der Waals surface area contributed by atoms with Gasteiger partial charge in [-0.15, -0.1) is 34.7 Å². The number of carboxylic acids is 1. The highest BCUT2D eigenvalue weighted by molar-refractivity contribution is 8.00. The lowest BCUT2D eigenvalue weighted by Crippen LogP contribution is -2.54. The van der Waals surface area contributed by atoms with Gasteiger partial charge in [-0.1, -0.05) is 32.4 Å². The number of alkyl halides is 1. The molecule has 3 aliphatic heterocycles. The summed E-state index contributed by atoms with van der Waals surface area (Å²) in [4.78, 5) is 141. The van der Waals surface area contributed by atoms with E-state index in [1.165, 1.54) is 41.0 Å². The molecular formula is C64H83ClN12O14S2. The summed E-state index contributed by atoms with van der Waals surface area (Å²) in [6.45, 7) is 9.68. The van der Waals surface area contributed by atoms with Crippen LogP contribution in [0.4, 0.5) is 25.8 Å². The summed E-state index contributed by atoms with van der Waals surface area (Å²) in [6.07, 6.45) is 2.72. The van der Waals surface area contributed by atoms with Gasteiger partial charge in [0.05, 0.1) is 15.6 Å². The van der Waals surface area contributed by atoms with Crippen LogP contribution in [0.3, 0.4) is 0 Å². The molecule has 3 aromatic carbocycles. The van der Waals surface area contributed by atoms with Crippen molar-refractivity contribution in [2.24, 2.45) is 17.4 Å². The monoisotopic (exact) mass is 1340 g/mol. The number of nitrogens with one attached hydrogen (secondary N) is 5. The van der Waals surface area contributed by atoms with Crippen LogP contribution in [0.25, 0.3) is 21.0 Å². The number of thiophene rings is 1. The highest BCUT2D eigenvalue weighted by atomic mass is 35.5. The van der Waals surface area contributed by atoms with E-state index >= 15 is 0 Å². The molecule has 2 saturated heterocycles. The van der Waals surface area contributed by atoms with Crippen molar-refractivity contribution in [3.63, 3.8) is 0 Å². The third-order valence-electron chi connectivity index (χ3n) is 16.6. The number of H-pyrrole nitrogens is 1. The van der Waals surface area contributed by atoms with Crippen LogP contribution in [-0.4, -0.2) is 197 Å². The summed E-state index contributed by atoms with van der Waals surface area (Å²) in [6, 6.07) is 11.7. The number of aliphatic carboxylic acids is 1. The number of carbonyl (C=O) groups is 10. The summed E-state index contributed by atoms with van der Waals surface area (Å²) in [5.41, 5.74) is 15.4. The van der Waals surface area contributed by atoms with E-state index in [4.69, 9.17) is 42.4 Å². The fourth-order valence-electron chi connectivity index (χ4n) is 11.2. The molecule has 29 heteroatoms. The number of benzene rings is 3. The van der Waals surface area contributed by atoms with Gasteiger partial charge in [-0.2, -0.15) is 0 Å². The van der Waals surface area contributed by atoms with E-state index in [0.29, 0.717) is 55.0 Å². The number of ether oxygens (including phenoxy) is 3. The van der Waals surface area contributed by atoms with Crippen LogP contribution in [0.15, 0.2) is 60.0 Å². The first kappa shape index (κ1) is 70.7. The molecule has 8 rings (SSSR count). The van der Waals surface area contributed by atoms with Crippen molar-refractivity contribution >= 4 is 127 Å². The number of carboxylic acid groups (broad SMARTS) is 1. The van der Waals surface area contributed by atoms with Crippen molar-refractivity contribution < 1.29 is 67.3 Å². The molecule has 1 unspecified atom stereocenters. The number of aryl methyl sites for hydroxylation is 1. The van der Waals surface area contributed by atoms with Gasteiger partial charge < -0.3 is 71.7 Å². The van der Waals surface area contributed by atoms with Gasteiger partial charge in [0.15, 0.2) is 5.75 Å². The Morgan fingerprint density at radius 3 is 2.33 bits per heavy atom. The number of primary amides is 1. The number of nitrogens with two attached hydrogens (primary N) is 2. The van der Waals surface area contributed by atoms with Crippen molar-refractivity contribution in [3.8, 4) is 11.5 Å². The number of rotatable bonds is 32. The number of fused-ring (bicyclic) bond motifs is 4. The number of likely N-dealkylation sites (N-methyl/N-ethyl adjacent to an activating group) is 2. The minimum atomic E-state index is -1.20. The Kier molecular flexibility index (Phi) is 25.1. The number of unbranched alkanes of at least 4 members (excludes halogenated alkanes) is 2. The van der Waals surface area contributed by atoms with Crippen molar-refractivity contribution in [2.45, 2.75) is 114 Å². The van der Waals surface area contributed by atoms with Crippen LogP contribution in [0.1, 0.15) is 105 Å². The maximum Gasteiger partial charge on any atom is 0.415 e. The first-order valence-corrected chi connectivity index (χ1v) is 33.6. The second kappa shape index (κ2) is 33.1. The molecule has 3 aliphatic rings. The van der Waals surface area contributed by atoms with Crippen LogP contribution in [0, 0.1) is 12.8 Å². The normalized spacial score (nSPS) is 16.5. The van der Waals surface area contributed by atoms with Crippen LogP contribution >= 0.6 is 34.7 Å². The topological polar surface area (TPSA) is 351 Å². The van der Waals surface area contributed by atoms with Crippen molar-refractivity contribution in [3.05, 3.63) is 82.4 Å². The van der Waals surface area contributed by atoms with E-state index in [-0.39, 0.29) is 93.6 Å². The lowest BCUT2D eigenvalue weighted by molar-refractivity contribution is -0.139. The number of urea groups is 1. The van der Waals surface area contributed by atoms with Crippen LogP contribution in [0.5, 0.6) is 11.5 Å². The third kappa shape index (κ3) is 18.8. The molecule has 5 atom stereocenters. The number of carbonyl (C=O) groups excluding carboxylic acids is 9. The SMILES string of the molecule is Cc1csc2c(OC(=O)N(C)CCN(C)C(=O)OCc3ccc(NC(=O)[C@H](CCCNC(N)=O)NC(=O)[C@@H](NC(=O)CCCCCN4C(=O)CC(SC[C@H](N)C(=O)O)C4=O)C(C)C)cc3)cc3c(c12)[C@H](CCl)CN3C(=O)c1cc2cc(OCCN3CCCC3)ccc2[nH]1. The molecule has 0 saturated carbocycles. The summed E-state index contributed by atoms with van der Waals surface area (Å²) < 4.78 is 18.5. The van der Waals surface area contributed by atoms with Crippen molar-refractivity contribution in [1.82, 2.24) is 40.5 Å². The number of nitrogens with zero attached hydrogens (tertiary/aromatic N) is 5. The van der Waals surface area contributed by atoms with E-state index in [0.717, 1.165) is 74.2 Å². The molecule has 0 spiro atoms. The zero-order valence-electron chi connectivity index (χ0n) is 52.9. The lowest BCUT2D eigenvalue weighted by Gasteiger charge is -2.25. The zero-order chi connectivity index (χ0) is 67.0. The Hall–Kier alpha value is -8.18. The van der Waals surface area contributed by atoms with Gasteiger partial charge in [0.2, 0.25) is 29.5 Å². The second-order valence-corrected chi connectivity index (χ2v) is 26.4. The van der Waals surface area contributed by atoms with Gasteiger partial charge in [0.1, 0.15) is 42.8 Å². The van der Waals surface area contributed by atoms with Crippen LogP contribution in [-0.2, 0) is 40.1 Å². The van der Waals surface area contributed by atoms with Crippen LogP contribution in [0.2, 0.25) is 0 Å². The number of hydrogen-bond donors (Lipinski definition) is 8. The van der Waals surface area contributed by atoms with E-state index < -0.39 is 77.1 Å². The predicted octanol–water partition coefficient (Wildman–Crippen LogP) is 6.69. The van der Waals surface area contributed by atoms with Gasteiger partial charge in [0, 0.05) is 112 Å². The number of halogens is 1. The minimum absolute atomic E-state index is 0.0130. The number of hydrogen-bond acceptors (Lipinski definition) is 17. The number of anilines is 2. The van der Waals surface area contributed by atoms with E-state index in [2.05, 4.69) is 31.2 Å². The van der Waals surface area contributed by atoms with Crippen LogP contribution < -0.4 is 47.1 Å². The molecule has 5 aromatic rings. The van der Waals surface area contributed by atoms with E-state index in [1.54, 1.807) is 56.1 Å². The lowest BCUT2D eigenvalue weighted by atomic mass is 9.97. The second-order valence-electron chi connectivity index (χ2n) is 23.9. The Morgan fingerprint density at radius 2 is 1.63 bits per heavy atom. The molecule has 2 aromatic heterocycles. The third-order valence-corrected chi connectivity index (χ3v) is 19.4. The van der Waals surface area contributed by atoms with Gasteiger partial charge in [-0.3, -0.25) is 43.4 Å². The first-order chi connectivity index (χ1) is 44.5. The maximum atomic E-state index is 14.5. The number of thioether (sulfide) groups is 1. The Labute approximate surface area is 552 Å². The molecular weight excluding hydrogens is 1260 g/mol. The van der Waals surface area contributed by atoms with Gasteiger partial charge in [-0.05, 0) is 123 Å². The Morgan fingerprint density at radius 1 is 0.903 bits per heavy atom. The summed E-state index contributed by atoms with van der Waals surface area (Å²) >= 11 is 9.08. The summed E-state index contributed by atoms with van der Waals surface area (Å²) in [5.74, 6) is -3.13. The summed E-state index contributed by atoms with van der Waals surface area (Å²) in [5, 5.41) is 22.8. The van der Waals surface area contributed by atoms with E-state index in [9.17, 15) is 47.9 Å². The number of aromatic nitrogens is 1. The van der Waals surface area contributed by atoms with Gasteiger partial charge in [0.25, 0.3) is 5.91 Å². The minimum Gasteiger partial charge on any atom is -0.492 e. The molecule has 26 nitrogen and oxygen atoms in total. The average Bonchev–Trinajstić information content (AvgIpc) is 1.59. The number of aromatic amines is 1. The molecule has 10 N–H and O–H groups in total. The molecule has 5 heterocycles. The van der Waals surface area contributed by atoms with Gasteiger partial charge in [-0.25, -0.2) is 14.4 Å². The fourth-order valence-corrected chi connectivity index (χ4v) is 13.6. The number of imide groups is 1. The number of amides is 10. The molecule has 2 fully saturated rings. The number of likely N-dealkylation sites (tertiary alicyclic amines) is 2. The average molecular weight is 1340 g/mol. The maximum absolute atomic E-state index is 14.5. The molecule has 93 heavy (non-hydrogen) atoms. The molecule has 0 aliphatic carbocycles. The standard InChI is InChI=1S/C64H83ClN12O14S2/c1-37(2)55(72-51(78)13-7-6-8-23-76-52(79)31-50(60(76)83)92-36-44(66)61(84)85)58(81)71-46(12-11-20-68-62(67)86)57(80)69-42-16-14-39(15-17-42)34-90-63(87)73(4)24-25-74(5)64(88)91-49-30-48-54(53-38(3)35-93-56(49)53)41(32-65)33-77(48)59(82)47-29-40-28-43(18-19-45(40)70-47)89-27-26-75-21-9-10-22-75/h14-19,28-30,35,37,41,44,46,50,55,70H,6-13,20-27,31-34,36,66H2,1-5H3,(H,69,80)(H,71,81)(H,72,78)(H,84,85)(H3,67,68,86)/t41-,44+,46+,50?,55+/m1/s1. The molecule has 502 valence electrons. The summed E-state index contributed by atoms with van der Waals surface area (Å²) in [7, 11) is 3.08. The largest absolute Gasteiger partial charge is 0.492 e. The Bertz CT molecular complexity index is 3540. The first-order valence-electron chi connectivity index (χ1n) is 31.2. The molecule has 0 bridgehead atoms. The van der Waals surface area contributed by atoms with E-state index in [1.807, 2.05) is 36.6 Å². The molecule has 0 radical (unpaired) electrons. The molecule has 10 amide bonds. The highest BCUT2D eigenvalue weighted by Crippen LogP contribution is 2.49. The fraction of sp³-hybridized carbons (Fsp3) is 0.500. The quantitative estimate of drug-likeness (QED) is 0.0126. The smallest absolute Gasteiger partial charge is 0.415 e. The van der Waals surface area contributed by atoms with Crippen molar-refractivity contribution in [2.75, 3.05) is 94.9 Å². The Balaban J connectivity index is 0.793. The zero-order valence-corrected chi connectivity index (χ0v) is 55.3. The highest BCUT2D eigenvalue weighted by Gasteiger charge is 2.40. The van der Waals surface area contributed by atoms with Gasteiger partial charge >= 0.3 is 24.2 Å². The predicted molar refractivity (Wildman–Crippen MR) is 355 cm³/mol. The van der Waals surface area contributed by atoms with Crippen molar-refractivity contribution in [1.29, 1.82) is 0 Å².